The molecule has 5 nitrogen and oxygen atoms in total. The highest BCUT2D eigenvalue weighted by atomic mass is 19.1. The Balaban J connectivity index is 1.63. The Hall–Kier alpha value is -3.02. The minimum atomic E-state index is -0.253. The zero-order chi connectivity index (χ0) is 17.6. The van der Waals surface area contributed by atoms with Crippen molar-refractivity contribution in [3.63, 3.8) is 0 Å². The molecule has 0 aliphatic carbocycles. The molecule has 3 aromatic rings. The van der Waals surface area contributed by atoms with Crippen molar-refractivity contribution >= 4 is 17.5 Å². The van der Waals surface area contributed by atoms with Crippen molar-refractivity contribution in [3.8, 4) is 0 Å². The van der Waals surface area contributed by atoms with Gasteiger partial charge in [0.15, 0.2) is 5.82 Å². The van der Waals surface area contributed by atoms with Crippen LogP contribution in [0.15, 0.2) is 54.7 Å². The van der Waals surface area contributed by atoms with E-state index >= 15 is 0 Å². The molecule has 2 aromatic carbocycles. The third kappa shape index (κ3) is 4.73. The molecule has 0 saturated carbocycles. The number of rotatable bonds is 6. The van der Waals surface area contributed by atoms with E-state index in [2.05, 4.69) is 51.8 Å². The Morgan fingerprint density at radius 2 is 1.72 bits per heavy atom. The molecule has 0 fully saturated rings. The Bertz CT molecular complexity index is 816. The van der Waals surface area contributed by atoms with Crippen LogP contribution < -0.4 is 10.6 Å². The maximum atomic E-state index is 12.9. The fourth-order valence-electron chi connectivity index (χ4n) is 2.32. The minimum Gasteiger partial charge on any atom is -0.349 e. The number of anilines is 3. The molecular formula is C19H20FN5. The second-order valence-electron chi connectivity index (χ2n) is 6.05. The lowest BCUT2D eigenvalue weighted by Crippen LogP contribution is -2.06. The summed E-state index contributed by atoms with van der Waals surface area (Å²) in [7, 11) is 0. The molecule has 1 aromatic heterocycles. The summed E-state index contributed by atoms with van der Waals surface area (Å²) in [5.74, 6) is 1.26. The summed E-state index contributed by atoms with van der Waals surface area (Å²) in [4.78, 5) is 4.39. The molecule has 0 spiro atoms. The molecule has 0 aliphatic rings. The third-order valence-corrected chi connectivity index (χ3v) is 3.77. The summed E-state index contributed by atoms with van der Waals surface area (Å²) in [6, 6.07) is 14.5. The second kappa shape index (κ2) is 7.70. The maximum absolute atomic E-state index is 12.9. The first-order valence-electron chi connectivity index (χ1n) is 8.15. The molecule has 6 heteroatoms. The van der Waals surface area contributed by atoms with Gasteiger partial charge in [-0.2, -0.15) is 10.1 Å². The molecular weight excluding hydrogens is 317 g/mol. The molecule has 25 heavy (non-hydrogen) atoms. The van der Waals surface area contributed by atoms with E-state index in [0.717, 1.165) is 11.3 Å². The van der Waals surface area contributed by atoms with Gasteiger partial charge in [0.2, 0.25) is 5.95 Å². The number of hydrogen-bond acceptors (Lipinski definition) is 5. The quantitative estimate of drug-likeness (QED) is 0.694. The normalized spacial score (nSPS) is 10.7. The monoisotopic (exact) mass is 337 g/mol. The molecule has 2 N–H and O–H groups in total. The van der Waals surface area contributed by atoms with Crippen LogP contribution >= 0.6 is 0 Å². The van der Waals surface area contributed by atoms with Crippen molar-refractivity contribution in [2.24, 2.45) is 0 Å². The molecule has 0 radical (unpaired) electrons. The van der Waals surface area contributed by atoms with Gasteiger partial charge in [0, 0.05) is 12.2 Å². The predicted octanol–water partition coefficient (Wildman–Crippen LogP) is 4.49. The van der Waals surface area contributed by atoms with Crippen LogP contribution in [0.4, 0.5) is 21.8 Å². The highest BCUT2D eigenvalue weighted by Crippen LogP contribution is 2.19. The smallest absolute Gasteiger partial charge is 0.244 e. The summed E-state index contributed by atoms with van der Waals surface area (Å²) in [5, 5.41) is 14.2. The Labute approximate surface area is 146 Å². The molecule has 0 saturated heterocycles. The molecule has 128 valence electrons. The molecule has 0 bridgehead atoms. The summed E-state index contributed by atoms with van der Waals surface area (Å²) < 4.78 is 12.9. The van der Waals surface area contributed by atoms with E-state index < -0.39 is 0 Å². The number of aromatic nitrogens is 3. The Kier molecular flexibility index (Phi) is 5.18. The Morgan fingerprint density at radius 3 is 2.40 bits per heavy atom. The van der Waals surface area contributed by atoms with Crippen molar-refractivity contribution in [1.29, 1.82) is 0 Å². The summed E-state index contributed by atoms with van der Waals surface area (Å²) in [6.45, 7) is 4.82. The average molecular weight is 337 g/mol. The number of hydrogen-bond donors (Lipinski definition) is 2. The summed E-state index contributed by atoms with van der Waals surface area (Å²) in [5.41, 5.74) is 3.16. The van der Waals surface area contributed by atoms with E-state index in [1.807, 2.05) is 12.1 Å². The van der Waals surface area contributed by atoms with Crippen LogP contribution in [-0.2, 0) is 6.54 Å². The van der Waals surface area contributed by atoms with Crippen molar-refractivity contribution in [2.45, 2.75) is 26.3 Å². The van der Waals surface area contributed by atoms with E-state index in [1.165, 1.54) is 17.7 Å². The third-order valence-electron chi connectivity index (χ3n) is 3.77. The van der Waals surface area contributed by atoms with Gasteiger partial charge in [-0.3, -0.25) is 0 Å². The first kappa shape index (κ1) is 16.8. The standard InChI is InChI=1S/C19H20FN5/c1-13(2)15-5-9-17(10-6-15)23-18-12-22-25-19(24-18)21-11-14-3-7-16(20)8-4-14/h3-10,12-13H,11H2,1-2H3,(H2,21,23,24,25). The van der Waals surface area contributed by atoms with Crippen molar-refractivity contribution in [3.05, 3.63) is 71.7 Å². The van der Waals surface area contributed by atoms with E-state index in [1.54, 1.807) is 18.3 Å². The van der Waals surface area contributed by atoms with Gasteiger partial charge < -0.3 is 10.6 Å². The van der Waals surface area contributed by atoms with Gasteiger partial charge in [0.25, 0.3) is 0 Å². The van der Waals surface area contributed by atoms with Crippen LogP contribution in [0.25, 0.3) is 0 Å². The van der Waals surface area contributed by atoms with Gasteiger partial charge in [-0.05, 0) is 41.3 Å². The maximum Gasteiger partial charge on any atom is 0.244 e. The fraction of sp³-hybridized carbons (Fsp3) is 0.211. The lowest BCUT2D eigenvalue weighted by atomic mass is 10.0. The lowest BCUT2D eigenvalue weighted by Gasteiger charge is -2.09. The molecule has 0 unspecified atom stereocenters. The van der Waals surface area contributed by atoms with E-state index in [-0.39, 0.29) is 5.82 Å². The lowest BCUT2D eigenvalue weighted by molar-refractivity contribution is 0.627. The van der Waals surface area contributed by atoms with Gasteiger partial charge >= 0.3 is 0 Å². The first-order valence-corrected chi connectivity index (χ1v) is 8.15. The first-order chi connectivity index (χ1) is 12.1. The van der Waals surface area contributed by atoms with Gasteiger partial charge in [0.05, 0.1) is 6.20 Å². The van der Waals surface area contributed by atoms with Crippen LogP contribution in [-0.4, -0.2) is 15.2 Å². The fourth-order valence-corrected chi connectivity index (χ4v) is 2.32. The summed E-state index contributed by atoms with van der Waals surface area (Å²) in [6.07, 6.45) is 1.57. The average Bonchev–Trinajstić information content (AvgIpc) is 2.62. The summed E-state index contributed by atoms with van der Waals surface area (Å²) >= 11 is 0. The van der Waals surface area contributed by atoms with Crippen LogP contribution in [0, 0.1) is 5.82 Å². The topological polar surface area (TPSA) is 62.7 Å². The minimum absolute atomic E-state index is 0.253. The van der Waals surface area contributed by atoms with Crippen LogP contribution in [0.3, 0.4) is 0 Å². The van der Waals surface area contributed by atoms with Crippen molar-refractivity contribution in [1.82, 2.24) is 15.2 Å². The van der Waals surface area contributed by atoms with Crippen molar-refractivity contribution in [2.75, 3.05) is 10.6 Å². The van der Waals surface area contributed by atoms with Gasteiger partial charge in [-0.25, -0.2) is 4.39 Å². The van der Waals surface area contributed by atoms with Crippen molar-refractivity contribution < 1.29 is 4.39 Å². The molecule has 0 amide bonds. The highest BCUT2D eigenvalue weighted by Gasteiger charge is 2.03. The predicted molar refractivity (Wildman–Crippen MR) is 97.4 cm³/mol. The van der Waals surface area contributed by atoms with E-state index in [4.69, 9.17) is 0 Å². The van der Waals surface area contributed by atoms with Gasteiger partial charge in [-0.15, -0.1) is 5.10 Å². The number of benzene rings is 2. The number of nitrogens with one attached hydrogen (secondary N) is 2. The largest absolute Gasteiger partial charge is 0.349 e. The SMILES string of the molecule is CC(C)c1ccc(Nc2cnnc(NCc3ccc(F)cc3)n2)cc1. The van der Waals surface area contributed by atoms with Crippen LogP contribution in [0.5, 0.6) is 0 Å². The zero-order valence-corrected chi connectivity index (χ0v) is 14.2. The van der Waals surface area contributed by atoms with E-state index in [0.29, 0.717) is 24.2 Å². The van der Waals surface area contributed by atoms with Crippen LogP contribution in [0.2, 0.25) is 0 Å². The molecule has 3 rings (SSSR count). The zero-order valence-electron chi connectivity index (χ0n) is 14.2. The highest BCUT2D eigenvalue weighted by molar-refractivity contribution is 5.56. The van der Waals surface area contributed by atoms with Gasteiger partial charge in [-0.1, -0.05) is 38.1 Å². The Morgan fingerprint density at radius 1 is 1.00 bits per heavy atom. The number of halogens is 1. The second-order valence-corrected chi connectivity index (χ2v) is 6.05. The van der Waals surface area contributed by atoms with Gasteiger partial charge in [0.1, 0.15) is 5.82 Å². The van der Waals surface area contributed by atoms with E-state index in [9.17, 15) is 4.39 Å². The molecule has 1 heterocycles. The molecule has 0 aliphatic heterocycles. The molecule has 0 atom stereocenters. The van der Waals surface area contributed by atoms with Crippen LogP contribution in [0.1, 0.15) is 30.9 Å². The number of nitrogens with zero attached hydrogens (tertiary/aromatic N) is 3.